The molecule has 0 radical (unpaired) electrons. The van der Waals surface area contributed by atoms with Crippen LogP contribution in [0.3, 0.4) is 0 Å². The Kier molecular flexibility index (Phi) is 4.27. The van der Waals surface area contributed by atoms with Gasteiger partial charge in [0, 0.05) is 12.3 Å². The van der Waals surface area contributed by atoms with Crippen LogP contribution in [0.25, 0.3) is 0 Å². The van der Waals surface area contributed by atoms with E-state index in [0.717, 1.165) is 11.1 Å². The minimum absolute atomic E-state index is 0.0120. The number of nitrogens with one attached hydrogen (secondary N) is 1. The fourth-order valence-electron chi connectivity index (χ4n) is 2.21. The molecule has 18 heavy (non-hydrogen) atoms. The van der Waals surface area contributed by atoms with Crippen LogP contribution in [-0.2, 0) is 16.4 Å². The van der Waals surface area contributed by atoms with Crippen molar-refractivity contribution in [3.8, 4) is 0 Å². The van der Waals surface area contributed by atoms with Gasteiger partial charge in [0.1, 0.15) is 0 Å². The second-order valence-corrected chi connectivity index (χ2v) is 6.68. The second-order valence-electron chi connectivity index (χ2n) is 4.43. The SMILES string of the molecule is O=S(=O)(CCCCl)N[C@H]1c2ccccc2C[C@H]1O. The van der Waals surface area contributed by atoms with Crippen LogP contribution in [0, 0.1) is 0 Å². The van der Waals surface area contributed by atoms with Crippen LogP contribution in [0.5, 0.6) is 0 Å². The number of fused-ring (bicyclic) bond motifs is 1. The molecule has 0 saturated heterocycles. The molecular weight excluding hydrogens is 274 g/mol. The molecule has 0 aliphatic heterocycles. The van der Waals surface area contributed by atoms with Crippen molar-refractivity contribution in [3.05, 3.63) is 35.4 Å². The first-order valence-electron chi connectivity index (χ1n) is 5.85. The third kappa shape index (κ3) is 3.03. The van der Waals surface area contributed by atoms with E-state index in [4.69, 9.17) is 11.6 Å². The Morgan fingerprint density at radius 3 is 2.83 bits per heavy atom. The predicted octanol–water partition coefficient (Wildman–Crippen LogP) is 1.19. The highest BCUT2D eigenvalue weighted by Gasteiger charge is 2.33. The zero-order valence-corrected chi connectivity index (χ0v) is 11.4. The summed E-state index contributed by atoms with van der Waals surface area (Å²) >= 11 is 5.49. The zero-order valence-electron chi connectivity index (χ0n) is 9.84. The van der Waals surface area contributed by atoms with Crippen molar-refractivity contribution in [3.63, 3.8) is 0 Å². The summed E-state index contributed by atoms with van der Waals surface area (Å²) in [7, 11) is -3.40. The smallest absolute Gasteiger partial charge is 0.212 e. The van der Waals surface area contributed by atoms with Crippen LogP contribution >= 0.6 is 11.6 Å². The minimum atomic E-state index is -3.40. The molecule has 0 fully saturated rings. The first kappa shape index (κ1) is 13.8. The number of aliphatic hydroxyl groups is 1. The van der Waals surface area contributed by atoms with Crippen molar-refractivity contribution in [1.82, 2.24) is 4.72 Å². The van der Waals surface area contributed by atoms with Gasteiger partial charge in [0.05, 0.1) is 17.9 Å². The summed E-state index contributed by atoms with van der Waals surface area (Å²) in [6.45, 7) is 0. The molecule has 1 aromatic rings. The molecule has 0 aromatic heterocycles. The predicted molar refractivity (Wildman–Crippen MR) is 71.2 cm³/mol. The van der Waals surface area contributed by atoms with Gasteiger partial charge in [0.25, 0.3) is 0 Å². The fraction of sp³-hybridized carbons (Fsp3) is 0.500. The number of hydrogen-bond acceptors (Lipinski definition) is 3. The van der Waals surface area contributed by atoms with Crippen LogP contribution in [-0.4, -0.2) is 31.3 Å². The third-order valence-electron chi connectivity index (χ3n) is 3.06. The van der Waals surface area contributed by atoms with Crippen molar-refractivity contribution in [1.29, 1.82) is 0 Å². The number of alkyl halides is 1. The van der Waals surface area contributed by atoms with Gasteiger partial charge in [-0.2, -0.15) is 0 Å². The van der Waals surface area contributed by atoms with E-state index in [1.807, 2.05) is 24.3 Å². The highest BCUT2D eigenvalue weighted by atomic mass is 35.5. The van der Waals surface area contributed by atoms with Crippen LogP contribution < -0.4 is 4.72 Å². The van der Waals surface area contributed by atoms with E-state index in [2.05, 4.69) is 4.72 Å². The molecule has 0 bridgehead atoms. The van der Waals surface area contributed by atoms with Crippen molar-refractivity contribution in [2.24, 2.45) is 0 Å². The lowest BCUT2D eigenvalue weighted by Crippen LogP contribution is -2.35. The van der Waals surface area contributed by atoms with Crippen molar-refractivity contribution >= 4 is 21.6 Å². The molecule has 0 unspecified atom stereocenters. The van der Waals surface area contributed by atoms with Gasteiger partial charge >= 0.3 is 0 Å². The zero-order chi connectivity index (χ0) is 13.2. The molecule has 0 saturated carbocycles. The van der Waals surface area contributed by atoms with Crippen LogP contribution in [0.15, 0.2) is 24.3 Å². The van der Waals surface area contributed by atoms with E-state index in [9.17, 15) is 13.5 Å². The lowest BCUT2D eigenvalue weighted by atomic mass is 10.1. The topological polar surface area (TPSA) is 66.4 Å². The van der Waals surface area contributed by atoms with Gasteiger partial charge in [-0.3, -0.25) is 0 Å². The first-order valence-corrected chi connectivity index (χ1v) is 8.04. The molecule has 100 valence electrons. The maximum absolute atomic E-state index is 11.8. The molecule has 0 amide bonds. The molecular formula is C12H16ClNO3S. The highest BCUT2D eigenvalue weighted by Crippen LogP contribution is 2.31. The molecule has 2 atom stereocenters. The highest BCUT2D eigenvalue weighted by molar-refractivity contribution is 7.89. The Morgan fingerprint density at radius 2 is 2.11 bits per heavy atom. The summed E-state index contributed by atoms with van der Waals surface area (Å²) in [6.07, 6.45) is 0.188. The third-order valence-corrected chi connectivity index (χ3v) is 4.76. The Morgan fingerprint density at radius 1 is 1.39 bits per heavy atom. The van der Waals surface area contributed by atoms with Gasteiger partial charge in [-0.05, 0) is 17.5 Å². The lowest BCUT2D eigenvalue weighted by molar-refractivity contribution is 0.151. The standard InChI is InChI=1S/C12H16ClNO3S/c13-6-3-7-18(16,17)14-12-10-5-2-1-4-9(10)8-11(12)15/h1-2,4-5,11-12,14-15H,3,6-8H2/t11-,12+/m1/s1. The summed E-state index contributed by atoms with van der Waals surface area (Å²) in [4.78, 5) is 0. The molecule has 0 heterocycles. The average molecular weight is 290 g/mol. The maximum atomic E-state index is 11.8. The first-order chi connectivity index (χ1) is 8.53. The number of hydrogen-bond donors (Lipinski definition) is 2. The van der Waals surface area contributed by atoms with E-state index in [-0.39, 0.29) is 5.75 Å². The van der Waals surface area contributed by atoms with Crippen LogP contribution in [0.2, 0.25) is 0 Å². The van der Waals surface area contributed by atoms with E-state index in [1.165, 1.54) is 0 Å². The number of benzene rings is 1. The number of sulfonamides is 1. The Hall–Kier alpha value is -0.620. The molecule has 1 aliphatic rings. The fourth-order valence-corrected chi connectivity index (χ4v) is 3.82. The monoisotopic (exact) mass is 289 g/mol. The minimum Gasteiger partial charge on any atom is -0.391 e. The summed E-state index contributed by atoms with van der Waals surface area (Å²) in [5.41, 5.74) is 1.86. The van der Waals surface area contributed by atoms with Crippen molar-refractivity contribution in [2.45, 2.75) is 25.0 Å². The molecule has 0 spiro atoms. The van der Waals surface area contributed by atoms with Crippen LogP contribution in [0.4, 0.5) is 0 Å². The summed E-state index contributed by atoms with van der Waals surface area (Å²) in [5.74, 6) is 0.298. The van der Waals surface area contributed by atoms with E-state index < -0.39 is 22.2 Å². The lowest BCUT2D eigenvalue weighted by Gasteiger charge is -2.17. The van der Waals surface area contributed by atoms with E-state index in [0.29, 0.717) is 18.7 Å². The van der Waals surface area contributed by atoms with Gasteiger partial charge in [-0.25, -0.2) is 13.1 Å². The summed E-state index contributed by atoms with van der Waals surface area (Å²) in [6, 6.07) is 6.94. The molecule has 2 N–H and O–H groups in total. The molecule has 2 rings (SSSR count). The molecule has 4 nitrogen and oxygen atoms in total. The van der Waals surface area contributed by atoms with Crippen molar-refractivity contribution in [2.75, 3.05) is 11.6 Å². The number of rotatable bonds is 5. The normalized spacial score (nSPS) is 23.0. The maximum Gasteiger partial charge on any atom is 0.212 e. The number of halogens is 1. The van der Waals surface area contributed by atoms with Gasteiger partial charge in [-0.1, -0.05) is 24.3 Å². The van der Waals surface area contributed by atoms with Gasteiger partial charge in [-0.15, -0.1) is 11.6 Å². The summed E-state index contributed by atoms with van der Waals surface area (Å²) in [5, 5.41) is 9.95. The largest absolute Gasteiger partial charge is 0.391 e. The van der Waals surface area contributed by atoms with E-state index >= 15 is 0 Å². The second kappa shape index (κ2) is 5.57. The molecule has 1 aliphatic carbocycles. The van der Waals surface area contributed by atoms with E-state index in [1.54, 1.807) is 0 Å². The van der Waals surface area contributed by atoms with Gasteiger partial charge in [0.2, 0.25) is 10.0 Å². The Labute approximate surface area is 112 Å². The van der Waals surface area contributed by atoms with Gasteiger partial charge < -0.3 is 5.11 Å². The Balaban J connectivity index is 2.15. The Bertz CT molecular complexity index is 518. The van der Waals surface area contributed by atoms with Crippen molar-refractivity contribution < 1.29 is 13.5 Å². The van der Waals surface area contributed by atoms with Crippen LogP contribution in [0.1, 0.15) is 23.6 Å². The quantitative estimate of drug-likeness (QED) is 0.800. The molecule has 6 heteroatoms. The average Bonchev–Trinajstić information content (AvgIpc) is 2.63. The summed E-state index contributed by atoms with van der Waals surface area (Å²) < 4.78 is 26.2. The molecule has 1 aromatic carbocycles. The van der Waals surface area contributed by atoms with Gasteiger partial charge in [0.15, 0.2) is 0 Å². The number of aliphatic hydroxyl groups excluding tert-OH is 1.